The summed E-state index contributed by atoms with van der Waals surface area (Å²) in [6.07, 6.45) is 1.28. The predicted molar refractivity (Wildman–Crippen MR) is 158 cm³/mol. The molecule has 0 spiro atoms. The Balaban J connectivity index is 1.33. The first-order valence-electron chi connectivity index (χ1n) is 13.6. The number of hydrogen-bond acceptors (Lipinski definition) is 12. The lowest BCUT2D eigenvalue weighted by Gasteiger charge is -2.49. The van der Waals surface area contributed by atoms with Crippen molar-refractivity contribution in [2.75, 3.05) is 31.1 Å². The summed E-state index contributed by atoms with van der Waals surface area (Å²) in [4.78, 5) is 87.8. The SMILES string of the molecule is CC(C)(O/N=C(\C(=O)N[C@H]1C(=O)N2C(C(=O)O)=C(/C=C3\CCN(C4CCN(C(=O)O)C4)C3=O)CSC12)c1csc(N)n1)C(=O)O. The van der Waals surface area contributed by atoms with Crippen LogP contribution < -0.4 is 11.1 Å². The normalized spacial score (nSPS) is 24.6. The van der Waals surface area contributed by atoms with Crippen LogP contribution in [0.4, 0.5) is 9.93 Å². The van der Waals surface area contributed by atoms with E-state index in [0.29, 0.717) is 31.5 Å². The molecule has 4 aliphatic heterocycles. The van der Waals surface area contributed by atoms with E-state index in [1.54, 1.807) is 4.90 Å². The van der Waals surface area contributed by atoms with Gasteiger partial charge in [0, 0.05) is 36.3 Å². The number of thiazole rings is 1. The highest BCUT2D eigenvalue weighted by atomic mass is 32.2. The number of rotatable bonds is 9. The van der Waals surface area contributed by atoms with Crippen LogP contribution in [-0.2, 0) is 28.8 Å². The summed E-state index contributed by atoms with van der Waals surface area (Å²) in [5.74, 6) is -4.55. The van der Waals surface area contributed by atoms with Crippen molar-refractivity contribution in [3.05, 3.63) is 34.0 Å². The van der Waals surface area contributed by atoms with Crippen LogP contribution in [0.15, 0.2) is 33.5 Å². The molecule has 3 saturated heterocycles. The highest BCUT2D eigenvalue weighted by Crippen LogP contribution is 2.41. The maximum Gasteiger partial charge on any atom is 0.407 e. The zero-order valence-corrected chi connectivity index (χ0v) is 25.6. The Bertz CT molecular complexity index is 1580. The fraction of sp³-hybridized carbons (Fsp3) is 0.462. The third-order valence-electron chi connectivity index (χ3n) is 7.73. The first-order valence-corrected chi connectivity index (χ1v) is 15.5. The number of oxime groups is 1. The number of hydrogen-bond donors (Lipinski definition) is 5. The largest absolute Gasteiger partial charge is 0.478 e. The van der Waals surface area contributed by atoms with Gasteiger partial charge in [0.1, 0.15) is 22.8 Å². The van der Waals surface area contributed by atoms with E-state index in [9.17, 15) is 44.1 Å². The average molecular weight is 664 g/mol. The quantitative estimate of drug-likeness (QED) is 0.101. The lowest BCUT2D eigenvalue weighted by atomic mass is 10.0. The molecule has 3 atom stereocenters. The second-order valence-corrected chi connectivity index (χ2v) is 13.0. The van der Waals surface area contributed by atoms with Gasteiger partial charge in [0.15, 0.2) is 10.8 Å². The number of carboxylic acid groups (broad SMARTS) is 3. The van der Waals surface area contributed by atoms with E-state index < -0.39 is 52.6 Å². The molecule has 4 aliphatic rings. The fourth-order valence-corrected chi connectivity index (χ4v) is 7.11. The predicted octanol–water partition coefficient (Wildman–Crippen LogP) is -0.0412. The van der Waals surface area contributed by atoms with Crippen molar-refractivity contribution in [1.29, 1.82) is 0 Å². The number of fused-ring (bicyclic) bond motifs is 1. The second kappa shape index (κ2) is 12.0. The van der Waals surface area contributed by atoms with Crippen LogP contribution in [0.1, 0.15) is 32.4 Å². The van der Waals surface area contributed by atoms with Gasteiger partial charge in [-0.05, 0) is 38.3 Å². The molecule has 3 fully saturated rings. The number of likely N-dealkylation sites (tertiary alicyclic amines) is 2. The molecule has 5 heterocycles. The molecule has 17 nitrogen and oxygen atoms in total. The summed E-state index contributed by atoms with van der Waals surface area (Å²) in [5.41, 5.74) is 3.76. The van der Waals surface area contributed by atoms with Gasteiger partial charge in [0.2, 0.25) is 11.5 Å². The number of aliphatic carboxylic acids is 2. The monoisotopic (exact) mass is 663 g/mol. The summed E-state index contributed by atoms with van der Waals surface area (Å²) in [6, 6.07) is -1.42. The number of amides is 4. The van der Waals surface area contributed by atoms with Gasteiger partial charge >= 0.3 is 18.0 Å². The van der Waals surface area contributed by atoms with E-state index in [1.807, 2.05) is 0 Å². The average Bonchev–Trinajstić information content (AvgIpc) is 3.72. The van der Waals surface area contributed by atoms with Crippen molar-refractivity contribution < 1.29 is 48.9 Å². The fourth-order valence-electron chi connectivity index (χ4n) is 5.26. The van der Waals surface area contributed by atoms with Crippen LogP contribution in [0, 0.1) is 0 Å². The summed E-state index contributed by atoms with van der Waals surface area (Å²) in [6.45, 7) is 3.34. The van der Waals surface area contributed by atoms with Crippen molar-refractivity contribution in [3.63, 3.8) is 0 Å². The maximum absolute atomic E-state index is 13.3. The molecule has 240 valence electrons. The molecule has 6 N–H and O–H groups in total. The number of carbonyl (C=O) groups is 6. The Morgan fingerprint density at radius 2 is 1.93 bits per heavy atom. The number of nitrogens with two attached hydrogens (primary N) is 1. The molecule has 5 rings (SSSR count). The van der Waals surface area contributed by atoms with E-state index in [1.165, 1.54) is 42.0 Å². The molecule has 0 aliphatic carbocycles. The molecule has 1 aromatic rings. The van der Waals surface area contributed by atoms with Gasteiger partial charge in [-0.3, -0.25) is 19.3 Å². The summed E-state index contributed by atoms with van der Waals surface area (Å²) < 4.78 is 0. The van der Waals surface area contributed by atoms with Crippen molar-refractivity contribution >= 4 is 69.7 Å². The molecule has 0 radical (unpaired) electrons. The molecule has 45 heavy (non-hydrogen) atoms. The summed E-state index contributed by atoms with van der Waals surface area (Å²) in [5, 5.41) is 35.6. The smallest absolute Gasteiger partial charge is 0.407 e. The minimum atomic E-state index is -1.80. The van der Waals surface area contributed by atoms with Gasteiger partial charge in [-0.2, -0.15) is 0 Å². The number of carbonyl (C=O) groups excluding carboxylic acids is 3. The van der Waals surface area contributed by atoms with Crippen molar-refractivity contribution in [2.45, 2.75) is 49.7 Å². The molecule has 1 aromatic heterocycles. The molecule has 2 unspecified atom stereocenters. The number of nitrogens with one attached hydrogen (secondary N) is 1. The lowest BCUT2D eigenvalue weighted by Crippen LogP contribution is -2.71. The number of thioether (sulfide) groups is 1. The van der Waals surface area contributed by atoms with E-state index >= 15 is 0 Å². The third-order valence-corrected chi connectivity index (χ3v) is 9.70. The molecular formula is C26H29N7O10S2. The van der Waals surface area contributed by atoms with E-state index in [0.717, 1.165) is 16.2 Å². The van der Waals surface area contributed by atoms with Gasteiger partial charge in [-0.15, -0.1) is 23.1 Å². The van der Waals surface area contributed by atoms with Gasteiger partial charge in [0.05, 0.1) is 6.04 Å². The first-order chi connectivity index (χ1) is 21.2. The molecule has 19 heteroatoms. The maximum atomic E-state index is 13.3. The van der Waals surface area contributed by atoms with Crippen LogP contribution in [-0.4, -0.2) is 125 Å². The highest BCUT2D eigenvalue weighted by Gasteiger charge is 2.54. The molecular weight excluding hydrogens is 634 g/mol. The number of nitrogen functional groups attached to an aromatic ring is 1. The van der Waals surface area contributed by atoms with Crippen molar-refractivity contribution in [3.8, 4) is 0 Å². The Kier molecular flexibility index (Phi) is 8.49. The van der Waals surface area contributed by atoms with Crippen LogP contribution >= 0.6 is 23.1 Å². The standard InChI is InChI=1S/C26H29N7O10S2/c1-26(2,23(39)40)43-30-15(14-10-45-24(27)28-14)18(34)29-16-20(36)33-17(22(37)38)12(9-44-21(16)33)7-11-3-6-32(19(11)35)13-4-5-31(8-13)25(41)42/h7,10,13,16,21H,3-6,8-9H2,1-2H3,(H2,27,28)(H,29,34)(H,37,38)(H,39,40)(H,41,42)/b11-7+,30-15-/t13?,16-,21?/m0/s1. The van der Waals surface area contributed by atoms with E-state index in [2.05, 4.69) is 15.5 Å². The first kappa shape index (κ1) is 31.8. The van der Waals surface area contributed by atoms with E-state index in [4.69, 9.17) is 10.6 Å². The number of β-lactam (4-membered cyclic amide) rings is 1. The Morgan fingerprint density at radius 3 is 2.53 bits per heavy atom. The Hall–Kier alpha value is -4.65. The highest BCUT2D eigenvalue weighted by molar-refractivity contribution is 8.00. The molecule has 0 saturated carbocycles. The van der Waals surface area contributed by atoms with Crippen LogP contribution in [0.2, 0.25) is 0 Å². The van der Waals surface area contributed by atoms with Crippen molar-refractivity contribution in [2.24, 2.45) is 5.16 Å². The Morgan fingerprint density at radius 1 is 1.20 bits per heavy atom. The second-order valence-electron chi connectivity index (χ2n) is 11.0. The van der Waals surface area contributed by atoms with Gasteiger partial charge in [-0.1, -0.05) is 5.16 Å². The van der Waals surface area contributed by atoms with Gasteiger partial charge in [0.25, 0.3) is 11.8 Å². The topological polar surface area (TPSA) is 245 Å². The minimum Gasteiger partial charge on any atom is -0.478 e. The lowest BCUT2D eigenvalue weighted by molar-refractivity contribution is -0.161. The number of anilines is 1. The van der Waals surface area contributed by atoms with Gasteiger partial charge in [-0.25, -0.2) is 19.4 Å². The summed E-state index contributed by atoms with van der Waals surface area (Å²) >= 11 is 2.19. The summed E-state index contributed by atoms with van der Waals surface area (Å²) in [7, 11) is 0. The Labute approximate surface area is 263 Å². The van der Waals surface area contributed by atoms with Crippen LogP contribution in [0.3, 0.4) is 0 Å². The zero-order valence-electron chi connectivity index (χ0n) is 24.0. The minimum absolute atomic E-state index is 0.0142. The van der Waals surface area contributed by atoms with Crippen molar-refractivity contribution in [1.82, 2.24) is 25.0 Å². The van der Waals surface area contributed by atoms with Crippen LogP contribution in [0.25, 0.3) is 0 Å². The number of nitrogens with zero attached hydrogens (tertiary/aromatic N) is 5. The molecule has 4 amide bonds. The zero-order chi connectivity index (χ0) is 32.8. The number of allylic oxidation sites excluding steroid dienone is 1. The van der Waals surface area contributed by atoms with Crippen LogP contribution in [0.5, 0.6) is 0 Å². The van der Waals surface area contributed by atoms with E-state index in [-0.39, 0.29) is 46.3 Å². The van der Waals surface area contributed by atoms with Gasteiger partial charge < -0.3 is 41.0 Å². The molecule has 0 bridgehead atoms. The number of aromatic nitrogens is 1. The third kappa shape index (κ3) is 6.04. The number of carboxylic acids is 2. The molecule has 0 aromatic carbocycles.